The molecule has 3 heterocycles. The van der Waals surface area contributed by atoms with E-state index in [1.807, 2.05) is 6.08 Å². The van der Waals surface area contributed by atoms with Crippen LogP contribution in [0.2, 0.25) is 0 Å². The Hall–Kier alpha value is -2.77. The lowest BCUT2D eigenvalue weighted by atomic mass is 9.96. The number of hydrogen-bond donors (Lipinski definition) is 12. The van der Waals surface area contributed by atoms with Gasteiger partial charge in [-0.05, 0) is 70.6 Å². The first-order chi connectivity index (χ1) is 47.3. The van der Waals surface area contributed by atoms with E-state index in [1.54, 1.807) is 6.08 Å². The number of ether oxygens (including phenoxy) is 6. The van der Waals surface area contributed by atoms with Crippen molar-refractivity contribution >= 4 is 5.91 Å². The van der Waals surface area contributed by atoms with Gasteiger partial charge in [-0.3, -0.25) is 4.79 Å². The van der Waals surface area contributed by atoms with Gasteiger partial charge in [0.05, 0.1) is 38.6 Å². The van der Waals surface area contributed by atoms with E-state index in [0.717, 1.165) is 64.2 Å². The number of aliphatic hydroxyl groups excluding tert-OH is 11. The molecule has 564 valence electrons. The molecule has 12 N–H and O–H groups in total. The van der Waals surface area contributed by atoms with Crippen molar-refractivity contribution < 1.29 is 89.4 Å². The topological polar surface area (TPSA) is 307 Å². The van der Waals surface area contributed by atoms with Crippen LogP contribution in [0.25, 0.3) is 0 Å². The first-order valence-corrected chi connectivity index (χ1v) is 38.7. The number of carbonyl (C=O) groups excluding carboxylic acids is 1. The normalized spacial score (nSPS) is 27.3. The summed E-state index contributed by atoms with van der Waals surface area (Å²) in [5.41, 5.74) is 0. The largest absolute Gasteiger partial charge is 0.394 e. The number of carbonyl (C=O) groups is 1. The van der Waals surface area contributed by atoms with Crippen molar-refractivity contribution in [3.63, 3.8) is 0 Å². The molecule has 19 nitrogen and oxygen atoms in total. The number of allylic oxidation sites excluding steroid dienone is 11. The third-order valence-electron chi connectivity index (χ3n) is 19.0. The molecule has 19 heteroatoms. The first-order valence-electron chi connectivity index (χ1n) is 38.7. The minimum absolute atomic E-state index is 0.237. The van der Waals surface area contributed by atoms with Crippen molar-refractivity contribution in [2.45, 2.75) is 388 Å². The van der Waals surface area contributed by atoms with Crippen molar-refractivity contribution in [3.05, 3.63) is 72.9 Å². The number of rotatable bonds is 60. The fourth-order valence-corrected chi connectivity index (χ4v) is 12.8. The van der Waals surface area contributed by atoms with Crippen LogP contribution in [0, 0.1) is 0 Å². The molecule has 17 unspecified atom stereocenters. The molecule has 1 amide bonds. The highest BCUT2D eigenvalue weighted by Gasteiger charge is 2.53. The Balaban J connectivity index is 1.29. The Morgan fingerprint density at radius 3 is 1.15 bits per heavy atom. The number of unbranched alkanes of at least 4 members (excludes halogenated alkanes) is 34. The lowest BCUT2D eigenvalue weighted by molar-refractivity contribution is -0.379. The van der Waals surface area contributed by atoms with E-state index in [9.17, 15) is 61.0 Å². The average Bonchev–Trinajstić information content (AvgIpc) is 0.809. The van der Waals surface area contributed by atoms with Crippen molar-refractivity contribution in [3.8, 4) is 0 Å². The Morgan fingerprint density at radius 2 is 0.722 bits per heavy atom. The lowest BCUT2D eigenvalue weighted by Gasteiger charge is -2.48. The molecule has 0 saturated carbocycles. The van der Waals surface area contributed by atoms with E-state index < -0.39 is 124 Å². The average molecular weight is 1380 g/mol. The van der Waals surface area contributed by atoms with Crippen LogP contribution in [0.15, 0.2) is 72.9 Å². The van der Waals surface area contributed by atoms with Crippen LogP contribution in [-0.2, 0) is 33.2 Å². The van der Waals surface area contributed by atoms with Crippen LogP contribution in [0.4, 0.5) is 0 Å². The summed E-state index contributed by atoms with van der Waals surface area (Å²) in [5, 5.41) is 120. The maximum atomic E-state index is 13.4. The standard InChI is InChI=1S/C78H139NO18/c1-3-5-7-9-11-13-15-17-18-19-20-21-22-23-24-25-26-27-28-29-30-31-32-33-34-35-36-37-38-39-40-41-42-44-46-48-50-52-54-56-66(84)79-61(62(83)55-53-51-49-47-45-43-16-14-12-10-8-6-4-2)60-92-76-72(90)69(87)74(64(58-81)94-76)97-78-73(91)70(88)75(65(59-82)95-78)96-77-71(89)68(86)67(85)63(57-80)93-77/h5,7,11,13,17-18,20-21,45,47,53,55,61-65,67-78,80-83,85-91H,3-4,6,8-10,12,14-16,19,22-44,46,48-52,54,56-60H2,1-2H3,(H,79,84)/b7-5-,13-11-,18-17-,21-20-,47-45+,55-53+. The van der Waals surface area contributed by atoms with Gasteiger partial charge in [0.25, 0.3) is 0 Å². The van der Waals surface area contributed by atoms with E-state index in [4.69, 9.17) is 28.4 Å². The van der Waals surface area contributed by atoms with Crippen molar-refractivity contribution in [1.82, 2.24) is 5.32 Å². The summed E-state index contributed by atoms with van der Waals surface area (Å²) in [7, 11) is 0. The van der Waals surface area contributed by atoms with E-state index in [2.05, 4.69) is 79.9 Å². The highest BCUT2D eigenvalue weighted by molar-refractivity contribution is 5.76. The van der Waals surface area contributed by atoms with Crippen LogP contribution < -0.4 is 5.32 Å². The fourth-order valence-electron chi connectivity index (χ4n) is 12.8. The molecular weight excluding hydrogens is 1240 g/mol. The predicted molar refractivity (Wildman–Crippen MR) is 383 cm³/mol. The Morgan fingerprint density at radius 1 is 0.381 bits per heavy atom. The molecule has 0 aromatic carbocycles. The molecule has 0 aromatic rings. The van der Waals surface area contributed by atoms with Crippen LogP contribution >= 0.6 is 0 Å². The zero-order chi connectivity index (χ0) is 70.4. The van der Waals surface area contributed by atoms with Crippen LogP contribution in [-0.4, -0.2) is 193 Å². The zero-order valence-electron chi connectivity index (χ0n) is 60.0. The second kappa shape index (κ2) is 58.7. The molecule has 0 aliphatic carbocycles. The van der Waals surface area contributed by atoms with Crippen LogP contribution in [0.3, 0.4) is 0 Å². The van der Waals surface area contributed by atoms with Gasteiger partial charge in [-0.25, -0.2) is 0 Å². The highest BCUT2D eigenvalue weighted by atomic mass is 16.8. The minimum atomic E-state index is -1.98. The number of hydrogen-bond acceptors (Lipinski definition) is 18. The summed E-state index contributed by atoms with van der Waals surface area (Å²) < 4.78 is 34.3. The molecule has 0 spiro atoms. The predicted octanol–water partition coefficient (Wildman–Crippen LogP) is 12.1. The van der Waals surface area contributed by atoms with Crippen molar-refractivity contribution in [2.24, 2.45) is 0 Å². The summed E-state index contributed by atoms with van der Waals surface area (Å²) in [6.45, 7) is 1.60. The molecule has 0 bridgehead atoms. The number of amides is 1. The molecule has 97 heavy (non-hydrogen) atoms. The number of aliphatic hydroxyl groups is 11. The van der Waals surface area contributed by atoms with E-state index in [1.165, 1.54) is 186 Å². The fraction of sp³-hybridized carbons (Fsp3) is 0.833. The maximum Gasteiger partial charge on any atom is 0.220 e. The molecule has 0 aromatic heterocycles. The summed E-state index contributed by atoms with van der Waals surface area (Å²) in [6, 6.07) is -0.989. The first kappa shape index (κ1) is 88.4. The van der Waals surface area contributed by atoms with Gasteiger partial charge in [-0.2, -0.15) is 0 Å². The van der Waals surface area contributed by atoms with Gasteiger partial charge >= 0.3 is 0 Å². The van der Waals surface area contributed by atoms with Crippen LogP contribution in [0.5, 0.6) is 0 Å². The third kappa shape index (κ3) is 39.5. The molecule has 3 aliphatic heterocycles. The third-order valence-corrected chi connectivity index (χ3v) is 19.0. The Labute approximate surface area is 585 Å². The molecule has 3 aliphatic rings. The van der Waals surface area contributed by atoms with Gasteiger partial charge < -0.3 is 89.9 Å². The van der Waals surface area contributed by atoms with Gasteiger partial charge in [0.2, 0.25) is 5.91 Å². The monoisotopic (exact) mass is 1380 g/mol. The Bertz CT molecular complexity index is 2040. The van der Waals surface area contributed by atoms with Gasteiger partial charge in [0.1, 0.15) is 73.2 Å². The van der Waals surface area contributed by atoms with Gasteiger partial charge in [0.15, 0.2) is 18.9 Å². The highest BCUT2D eigenvalue weighted by Crippen LogP contribution is 2.33. The minimum Gasteiger partial charge on any atom is -0.394 e. The SMILES string of the molecule is CC/C=C\C/C=C\C/C=C\C/C=C\CCCCCCCCCCCCCCCCCCCCCCCCCCCCC(=O)NC(COC1OC(CO)C(OC2OC(CO)C(OC3OC(CO)C(O)C(O)C3O)C(O)C2O)C(O)C1O)C(O)/C=C/CC/C=C/CCCCCCCCC. The Kier molecular flexibility index (Phi) is 53.5. The summed E-state index contributed by atoms with van der Waals surface area (Å²) >= 11 is 0. The molecule has 17 atom stereocenters. The van der Waals surface area contributed by atoms with Crippen LogP contribution in [0.1, 0.15) is 284 Å². The summed E-state index contributed by atoms with van der Waals surface area (Å²) in [4.78, 5) is 13.4. The molecular formula is C78H139NO18. The lowest BCUT2D eigenvalue weighted by Crippen LogP contribution is -2.66. The van der Waals surface area contributed by atoms with E-state index in [0.29, 0.717) is 12.8 Å². The second-order valence-electron chi connectivity index (χ2n) is 27.4. The summed E-state index contributed by atoms with van der Waals surface area (Å²) in [6.07, 6.45) is 49.3. The maximum absolute atomic E-state index is 13.4. The smallest absolute Gasteiger partial charge is 0.220 e. The molecule has 0 radical (unpaired) electrons. The molecule has 3 saturated heterocycles. The van der Waals surface area contributed by atoms with E-state index >= 15 is 0 Å². The molecule has 3 fully saturated rings. The quantitative estimate of drug-likeness (QED) is 0.0199. The second-order valence-corrected chi connectivity index (χ2v) is 27.4. The number of nitrogens with one attached hydrogen (secondary N) is 1. The van der Waals surface area contributed by atoms with Gasteiger partial charge in [-0.15, -0.1) is 0 Å². The van der Waals surface area contributed by atoms with Gasteiger partial charge in [-0.1, -0.05) is 279 Å². The van der Waals surface area contributed by atoms with Crippen molar-refractivity contribution in [1.29, 1.82) is 0 Å². The van der Waals surface area contributed by atoms with Gasteiger partial charge in [0, 0.05) is 6.42 Å². The zero-order valence-corrected chi connectivity index (χ0v) is 60.0. The van der Waals surface area contributed by atoms with Crippen molar-refractivity contribution in [2.75, 3.05) is 26.4 Å². The molecule has 3 rings (SSSR count). The van der Waals surface area contributed by atoms with E-state index in [-0.39, 0.29) is 18.9 Å². The summed E-state index contributed by atoms with van der Waals surface area (Å²) in [5.74, 6) is -0.283.